The van der Waals surface area contributed by atoms with Crippen molar-refractivity contribution in [3.63, 3.8) is 0 Å². The number of guanidine groups is 1. The normalized spacial score (nSPS) is 14.5. The Labute approximate surface area is 182 Å². The first-order valence-corrected chi connectivity index (χ1v) is 8.93. The molecule has 0 atom stereocenters. The van der Waals surface area contributed by atoms with E-state index in [0.717, 1.165) is 24.6 Å². The molecule has 0 spiro atoms. The number of aromatic hydroxyl groups is 1. The van der Waals surface area contributed by atoms with Crippen LogP contribution in [0.5, 0.6) is 11.5 Å². The molecule has 2 aromatic carbocycles. The molecule has 0 bridgehead atoms. The van der Waals surface area contributed by atoms with Crippen LogP contribution in [0.4, 0.5) is 10.1 Å². The number of anilines is 1. The number of piperazine rings is 1. The average molecular weight is 500 g/mol. The number of ether oxygens (including phenoxy) is 1. The lowest BCUT2D eigenvalue weighted by atomic mass is 10.2. The van der Waals surface area contributed by atoms with Crippen LogP contribution in [-0.4, -0.2) is 56.3 Å². The van der Waals surface area contributed by atoms with Gasteiger partial charge in [0, 0.05) is 45.3 Å². The summed E-state index contributed by atoms with van der Waals surface area (Å²) in [6, 6.07) is 12.0. The highest BCUT2D eigenvalue weighted by molar-refractivity contribution is 14.0. The highest BCUT2D eigenvalue weighted by Crippen LogP contribution is 2.23. The van der Waals surface area contributed by atoms with Crippen LogP contribution in [0.25, 0.3) is 0 Å². The molecule has 28 heavy (non-hydrogen) atoms. The van der Waals surface area contributed by atoms with Gasteiger partial charge in [-0.25, -0.2) is 4.39 Å². The summed E-state index contributed by atoms with van der Waals surface area (Å²) in [6.45, 7) is 3.33. The zero-order valence-electron chi connectivity index (χ0n) is 16.1. The van der Waals surface area contributed by atoms with Gasteiger partial charge in [0.05, 0.1) is 12.8 Å². The maximum absolute atomic E-state index is 14.0. The topological polar surface area (TPSA) is 60.3 Å². The number of rotatable bonds is 4. The predicted molar refractivity (Wildman–Crippen MR) is 120 cm³/mol. The van der Waals surface area contributed by atoms with E-state index in [1.165, 1.54) is 6.07 Å². The summed E-state index contributed by atoms with van der Waals surface area (Å²) >= 11 is 0. The fraction of sp³-hybridized carbons (Fsp3) is 0.350. The lowest BCUT2D eigenvalue weighted by Gasteiger charge is -2.37. The van der Waals surface area contributed by atoms with Gasteiger partial charge >= 0.3 is 0 Å². The van der Waals surface area contributed by atoms with E-state index >= 15 is 0 Å². The Balaban J connectivity index is 0.00000280. The average Bonchev–Trinajstić information content (AvgIpc) is 2.70. The highest BCUT2D eigenvalue weighted by atomic mass is 127. The van der Waals surface area contributed by atoms with Crippen molar-refractivity contribution in [3.05, 3.63) is 53.8 Å². The van der Waals surface area contributed by atoms with Crippen LogP contribution in [0, 0.1) is 5.82 Å². The molecular weight excluding hydrogens is 474 g/mol. The molecule has 0 aromatic heterocycles. The van der Waals surface area contributed by atoms with E-state index in [0.29, 0.717) is 31.1 Å². The van der Waals surface area contributed by atoms with E-state index < -0.39 is 0 Å². The van der Waals surface area contributed by atoms with Crippen molar-refractivity contribution in [1.29, 1.82) is 0 Å². The van der Waals surface area contributed by atoms with Gasteiger partial charge in [-0.3, -0.25) is 4.99 Å². The summed E-state index contributed by atoms with van der Waals surface area (Å²) < 4.78 is 19.2. The maximum Gasteiger partial charge on any atom is 0.194 e. The van der Waals surface area contributed by atoms with Crippen molar-refractivity contribution in [2.75, 3.05) is 45.2 Å². The van der Waals surface area contributed by atoms with Gasteiger partial charge in [-0.1, -0.05) is 12.1 Å². The zero-order valence-corrected chi connectivity index (χ0v) is 18.4. The smallest absolute Gasteiger partial charge is 0.194 e. The molecule has 0 amide bonds. The second-order valence-electron chi connectivity index (χ2n) is 6.32. The van der Waals surface area contributed by atoms with Crippen molar-refractivity contribution in [2.45, 2.75) is 6.54 Å². The van der Waals surface area contributed by atoms with E-state index in [4.69, 9.17) is 4.74 Å². The van der Waals surface area contributed by atoms with Gasteiger partial charge in [0.25, 0.3) is 0 Å². The molecule has 0 radical (unpaired) electrons. The second-order valence-corrected chi connectivity index (χ2v) is 6.32. The van der Waals surface area contributed by atoms with Crippen LogP contribution >= 0.6 is 24.0 Å². The molecular formula is C20H26FIN4O2. The summed E-state index contributed by atoms with van der Waals surface area (Å²) in [5.41, 5.74) is 1.38. The number of hydrogen-bond acceptors (Lipinski definition) is 4. The third-order valence-corrected chi connectivity index (χ3v) is 4.71. The summed E-state index contributed by atoms with van der Waals surface area (Å²) in [4.78, 5) is 8.52. The van der Waals surface area contributed by atoms with Crippen molar-refractivity contribution < 1.29 is 14.2 Å². The Morgan fingerprint density at radius 1 is 1.18 bits per heavy atom. The fourth-order valence-corrected chi connectivity index (χ4v) is 3.20. The fourth-order valence-electron chi connectivity index (χ4n) is 3.20. The summed E-state index contributed by atoms with van der Waals surface area (Å²) in [7, 11) is 3.33. The minimum atomic E-state index is -0.193. The molecule has 3 rings (SSSR count). The number of methoxy groups -OCH3 is 1. The molecule has 0 aliphatic carbocycles. The number of phenolic OH excluding ortho intramolecular Hbond substituents is 1. The van der Waals surface area contributed by atoms with Crippen LogP contribution in [0.2, 0.25) is 0 Å². The third-order valence-electron chi connectivity index (χ3n) is 4.71. The van der Waals surface area contributed by atoms with E-state index in [-0.39, 0.29) is 35.5 Å². The van der Waals surface area contributed by atoms with Gasteiger partial charge in [-0.15, -0.1) is 24.0 Å². The molecule has 8 heteroatoms. The van der Waals surface area contributed by atoms with Crippen LogP contribution < -0.4 is 15.0 Å². The van der Waals surface area contributed by atoms with Gasteiger partial charge in [-0.05, 0) is 30.3 Å². The van der Waals surface area contributed by atoms with Gasteiger partial charge in [-0.2, -0.15) is 0 Å². The lowest BCUT2D eigenvalue weighted by molar-refractivity contribution is 0.370. The van der Waals surface area contributed by atoms with Crippen LogP contribution in [0.15, 0.2) is 47.5 Å². The van der Waals surface area contributed by atoms with Crippen molar-refractivity contribution in [3.8, 4) is 11.5 Å². The Morgan fingerprint density at radius 2 is 1.89 bits per heavy atom. The second kappa shape index (κ2) is 10.4. The quantitative estimate of drug-likeness (QED) is 0.384. The first-order valence-electron chi connectivity index (χ1n) is 8.93. The molecule has 2 aromatic rings. The molecule has 0 unspecified atom stereocenters. The Morgan fingerprint density at radius 3 is 2.54 bits per heavy atom. The molecule has 1 aliphatic rings. The van der Waals surface area contributed by atoms with Crippen molar-refractivity contribution >= 4 is 35.6 Å². The molecule has 1 heterocycles. The van der Waals surface area contributed by atoms with Gasteiger partial charge < -0.3 is 25.0 Å². The van der Waals surface area contributed by atoms with E-state index in [2.05, 4.69) is 15.2 Å². The standard InChI is InChI=1S/C20H25FN4O2.HI/c1-22-20(23-14-15-13-16(27-2)7-8-19(15)26)25-11-9-24(10-12-25)18-6-4-3-5-17(18)21;/h3-8,13,26H,9-12,14H2,1-2H3,(H,22,23);1H. The number of phenols is 1. The SMILES string of the molecule is CN=C(NCc1cc(OC)ccc1O)N1CCN(c2ccccc2F)CC1.I. The van der Waals surface area contributed by atoms with Crippen molar-refractivity contribution in [1.82, 2.24) is 10.2 Å². The van der Waals surface area contributed by atoms with Gasteiger partial charge in [0.1, 0.15) is 17.3 Å². The number of halogens is 2. The maximum atomic E-state index is 14.0. The molecule has 1 aliphatic heterocycles. The minimum Gasteiger partial charge on any atom is -0.508 e. The summed E-state index contributed by atoms with van der Waals surface area (Å²) in [6.07, 6.45) is 0. The first kappa shape index (κ1) is 22.1. The highest BCUT2D eigenvalue weighted by Gasteiger charge is 2.21. The number of nitrogens with zero attached hydrogens (tertiary/aromatic N) is 3. The largest absolute Gasteiger partial charge is 0.508 e. The Hall–Kier alpha value is -2.23. The minimum absolute atomic E-state index is 0. The molecule has 1 saturated heterocycles. The number of hydrogen-bond donors (Lipinski definition) is 2. The Bertz CT molecular complexity index is 811. The van der Waals surface area contributed by atoms with Crippen molar-refractivity contribution in [2.24, 2.45) is 4.99 Å². The summed E-state index contributed by atoms with van der Waals surface area (Å²) in [5.74, 6) is 1.47. The van der Waals surface area contributed by atoms with Crippen LogP contribution in [0.3, 0.4) is 0 Å². The monoisotopic (exact) mass is 500 g/mol. The summed E-state index contributed by atoms with van der Waals surface area (Å²) in [5, 5.41) is 13.3. The van der Waals surface area contributed by atoms with Crippen LogP contribution in [-0.2, 0) is 6.54 Å². The third kappa shape index (κ3) is 5.18. The molecule has 152 valence electrons. The van der Waals surface area contributed by atoms with E-state index in [1.807, 2.05) is 17.0 Å². The Kier molecular flexibility index (Phi) is 8.16. The molecule has 0 saturated carbocycles. The molecule has 6 nitrogen and oxygen atoms in total. The number of nitrogens with one attached hydrogen (secondary N) is 1. The number of benzene rings is 2. The zero-order chi connectivity index (χ0) is 19.2. The van der Waals surface area contributed by atoms with E-state index in [9.17, 15) is 9.50 Å². The molecule has 2 N–H and O–H groups in total. The van der Waals surface area contributed by atoms with E-state index in [1.54, 1.807) is 38.4 Å². The number of para-hydroxylation sites is 1. The lowest BCUT2D eigenvalue weighted by Crippen LogP contribution is -2.52. The van der Waals surface area contributed by atoms with Gasteiger partial charge in [0.15, 0.2) is 5.96 Å². The number of aliphatic imine (C=N–C) groups is 1. The predicted octanol–water partition coefficient (Wildman–Crippen LogP) is 3.06. The van der Waals surface area contributed by atoms with Crippen LogP contribution in [0.1, 0.15) is 5.56 Å². The van der Waals surface area contributed by atoms with Gasteiger partial charge in [0.2, 0.25) is 0 Å². The molecule has 1 fully saturated rings. The first-order chi connectivity index (χ1) is 13.1.